The molecule has 2 atom stereocenters. The van der Waals surface area contributed by atoms with Gasteiger partial charge in [0, 0.05) is 13.0 Å². The zero-order chi connectivity index (χ0) is 14.3. The predicted octanol–water partition coefficient (Wildman–Crippen LogP) is 2.03. The number of ketones is 1. The van der Waals surface area contributed by atoms with Gasteiger partial charge in [-0.15, -0.1) is 0 Å². The van der Waals surface area contributed by atoms with Crippen molar-refractivity contribution >= 4 is 28.9 Å². The Hall–Kier alpha value is -1.49. The third kappa shape index (κ3) is 1.92. The van der Waals surface area contributed by atoms with E-state index in [9.17, 15) is 14.4 Å². The molecular formula is C15H17NO3S. The van der Waals surface area contributed by atoms with E-state index in [0.717, 1.165) is 5.56 Å². The van der Waals surface area contributed by atoms with E-state index in [2.05, 4.69) is 0 Å². The number of rotatable bonds is 3. The summed E-state index contributed by atoms with van der Waals surface area (Å²) in [5, 5.41) is 3.84. The summed E-state index contributed by atoms with van der Waals surface area (Å²) in [5.41, 5.74) is 0.0235. The second kappa shape index (κ2) is 4.81. The van der Waals surface area contributed by atoms with Gasteiger partial charge < -0.3 is 0 Å². The van der Waals surface area contributed by atoms with E-state index in [1.54, 1.807) is 0 Å². The lowest BCUT2D eigenvalue weighted by molar-refractivity contribution is -0.157. The quantitative estimate of drug-likeness (QED) is 0.801. The van der Waals surface area contributed by atoms with Gasteiger partial charge in [0.25, 0.3) is 0 Å². The number of hydrogen-bond donors (Lipinski definition) is 0. The normalized spacial score (nSPS) is 29.1. The maximum absolute atomic E-state index is 12.6. The molecule has 2 aliphatic rings. The molecule has 3 rings (SSSR count). The summed E-state index contributed by atoms with van der Waals surface area (Å²) >= 11 is 1.54. The molecule has 1 aliphatic carbocycles. The fourth-order valence-electron chi connectivity index (χ4n) is 3.44. The fourth-order valence-corrected chi connectivity index (χ4v) is 4.11. The summed E-state index contributed by atoms with van der Waals surface area (Å²) in [6, 6.07) is 1.90. The van der Waals surface area contributed by atoms with Crippen LogP contribution in [0.1, 0.15) is 31.7 Å². The monoisotopic (exact) mass is 291 g/mol. The lowest BCUT2D eigenvalue weighted by atomic mass is 9.78. The zero-order valence-corrected chi connectivity index (χ0v) is 12.2. The minimum atomic E-state index is -0.910. The van der Waals surface area contributed by atoms with Crippen molar-refractivity contribution < 1.29 is 14.4 Å². The fraction of sp³-hybridized carbons (Fsp3) is 0.533. The lowest BCUT2D eigenvalue weighted by Gasteiger charge is -2.36. The predicted molar refractivity (Wildman–Crippen MR) is 75.2 cm³/mol. The van der Waals surface area contributed by atoms with Gasteiger partial charge in [-0.05, 0) is 41.1 Å². The summed E-state index contributed by atoms with van der Waals surface area (Å²) in [6.07, 6.45) is 1.82. The SMILES string of the molecule is CCC12CC(CC1=O)CN(C(=O)Cc1ccsc1)C2=O. The highest BCUT2D eigenvalue weighted by molar-refractivity contribution is 7.08. The smallest absolute Gasteiger partial charge is 0.242 e. The molecule has 2 amide bonds. The average molecular weight is 291 g/mol. The van der Waals surface area contributed by atoms with Crippen molar-refractivity contribution in [2.24, 2.45) is 11.3 Å². The average Bonchev–Trinajstić information content (AvgIpc) is 3.01. The standard InChI is InChI=1S/C15H17NO3S/c1-2-15-7-11(5-12(15)17)8-16(14(15)19)13(18)6-10-3-4-20-9-10/h3-4,9,11H,2,5-8H2,1H3. The molecule has 2 fully saturated rings. The molecule has 0 aromatic carbocycles. The molecule has 2 heterocycles. The number of fused-ring (bicyclic) bond motifs is 2. The van der Waals surface area contributed by atoms with Crippen LogP contribution in [0.4, 0.5) is 0 Å². The molecular weight excluding hydrogens is 274 g/mol. The van der Waals surface area contributed by atoms with Crippen LogP contribution in [0.25, 0.3) is 0 Å². The number of thiophene rings is 1. The van der Waals surface area contributed by atoms with E-state index in [1.807, 2.05) is 23.8 Å². The van der Waals surface area contributed by atoms with E-state index in [0.29, 0.717) is 25.8 Å². The number of likely N-dealkylation sites (tertiary alicyclic amines) is 1. The van der Waals surface area contributed by atoms with E-state index in [1.165, 1.54) is 16.2 Å². The number of nitrogens with zero attached hydrogens (tertiary/aromatic N) is 1. The first-order valence-corrected chi connectivity index (χ1v) is 7.90. The van der Waals surface area contributed by atoms with E-state index >= 15 is 0 Å². The van der Waals surface area contributed by atoms with Gasteiger partial charge in [-0.1, -0.05) is 6.92 Å². The highest BCUT2D eigenvalue weighted by atomic mass is 32.1. The van der Waals surface area contributed by atoms with E-state index in [-0.39, 0.29) is 29.9 Å². The maximum atomic E-state index is 12.6. The van der Waals surface area contributed by atoms with Crippen molar-refractivity contribution in [2.45, 2.75) is 32.6 Å². The number of hydrogen-bond acceptors (Lipinski definition) is 4. The Morgan fingerprint density at radius 1 is 1.50 bits per heavy atom. The second-order valence-electron chi connectivity index (χ2n) is 5.75. The van der Waals surface area contributed by atoms with Crippen molar-refractivity contribution in [3.8, 4) is 0 Å². The Labute approximate surface area is 121 Å². The summed E-state index contributed by atoms with van der Waals surface area (Å²) in [7, 11) is 0. The van der Waals surface area contributed by atoms with Gasteiger partial charge in [-0.3, -0.25) is 19.3 Å². The third-order valence-corrected chi connectivity index (χ3v) is 5.31. The Balaban J connectivity index is 1.83. The van der Waals surface area contributed by atoms with Gasteiger partial charge in [0.1, 0.15) is 11.2 Å². The van der Waals surface area contributed by atoms with Crippen LogP contribution in [-0.2, 0) is 20.8 Å². The Kier molecular flexibility index (Phi) is 3.24. The van der Waals surface area contributed by atoms with Crippen LogP contribution in [0.3, 0.4) is 0 Å². The molecule has 5 heteroatoms. The van der Waals surface area contributed by atoms with Crippen LogP contribution >= 0.6 is 11.3 Å². The first-order chi connectivity index (χ1) is 9.56. The van der Waals surface area contributed by atoms with Gasteiger partial charge in [-0.25, -0.2) is 0 Å². The highest BCUT2D eigenvalue weighted by Crippen LogP contribution is 2.46. The minimum absolute atomic E-state index is 0.0285. The highest BCUT2D eigenvalue weighted by Gasteiger charge is 2.57. The van der Waals surface area contributed by atoms with Crippen molar-refractivity contribution in [2.75, 3.05) is 6.54 Å². The molecule has 0 spiro atoms. The minimum Gasteiger partial charge on any atom is -0.298 e. The Morgan fingerprint density at radius 2 is 2.30 bits per heavy atom. The van der Waals surface area contributed by atoms with Crippen molar-refractivity contribution in [3.05, 3.63) is 22.4 Å². The van der Waals surface area contributed by atoms with Crippen LogP contribution < -0.4 is 0 Å². The number of carbonyl (C=O) groups is 3. The number of Topliss-reactive ketones (excluding diaryl/α,β-unsaturated/α-hetero) is 1. The van der Waals surface area contributed by atoms with Crippen molar-refractivity contribution in [1.82, 2.24) is 4.90 Å². The molecule has 2 unspecified atom stereocenters. The molecule has 1 aromatic rings. The van der Waals surface area contributed by atoms with Gasteiger partial charge in [0.2, 0.25) is 11.8 Å². The van der Waals surface area contributed by atoms with E-state index < -0.39 is 5.41 Å². The zero-order valence-electron chi connectivity index (χ0n) is 11.4. The van der Waals surface area contributed by atoms with E-state index in [4.69, 9.17) is 0 Å². The van der Waals surface area contributed by atoms with Crippen LogP contribution in [0.5, 0.6) is 0 Å². The molecule has 0 radical (unpaired) electrons. The maximum Gasteiger partial charge on any atom is 0.242 e. The molecule has 1 saturated carbocycles. The van der Waals surface area contributed by atoms with Gasteiger partial charge in [-0.2, -0.15) is 11.3 Å². The molecule has 2 bridgehead atoms. The topological polar surface area (TPSA) is 54.5 Å². The lowest BCUT2D eigenvalue weighted by Crippen LogP contribution is -2.52. The molecule has 106 valence electrons. The van der Waals surface area contributed by atoms with Crippen LogP contribution in [0.15, 0.2) is 16.8 Å². The largest absolute Gasteiger partial charge is 0.298 e. The number of piperidine rings is 1. The molecule has 1 aliphatic heterocycles. The van der Waals surface area contributed by atoms with Crippen molar-refractivity contribution in [3.63, 3.8) is 0 Å². The summed E-state index contributed by atoms with van der Waals surface area (Å²) < 4.78 is 0. The molecule has 1 saturated heterocycles. The molecule has 1 aromatic heterocycles. The summed E-state index contributed by atoms with van der Waals surface area (Å²) in [6.45, 7) is 2.28. The molecule has 20 heavy (non-hydrogen) atoms. The first kappa shape index (κ1) is 13.5. The second-order valence-corrected chi connectivity index (χ2v) is 6.53. The molecule has 4 nitrogen and oxygen atoms in total. The Morgan fingerprint density at radius 3 is 2.95 bits per heavy atom. The summed E-state index contributed by atoms with van der Waals surface area (Å²) in [4.78, 5) is 38.4. The number of amides is 2. The van der Waals surface area contributed by atoms with Crippen LogP contribution in [-0.4, -0.2) is 29.0 Å². The van der Waals surface area contributed by atoms with Gasteiger partial charge >= 0.3 is 0 Å². The van der Waals surface area contributed by atoms with Crippen LogP contribution in [0.2, 0.25) is 0 Å². The van der Waals surface area contributed by atoms with Crippen molar-refractivity contribution in [1.29, 1.82) is 0 Å². The number of carbonyl (C=O) groups excluding carboxylic acids is 3. The van der Waals surface area contributed by atoms with Gasteiger partial charge in [0.15, 0.2) is 0 Å². The molecule has 0 N–H and O–H groups in total. The number of imide groups is 1. The third-order valence-electron chi connectivity index (χ3n) is 4.58. The summed E-state index contributed by atoms with van der Waals surface area (Å²) in [5.74, 6) is -0.253. The van der Waals surface area contributed by atoms with Gasteiger partial charge in [0.05, 0.1) is 6.42 Å². The Bertz CT molecular complexity index is 566. The first-order valence-electron chi connectivity index (χ1n) is 6.96. The van der Waals surface area contributed by atoms with Crippen LogP contribution in [0, 0.1) is 11.3 Å².